The number of piperazine rings is 1. The molecule has 0 aromatic carbocycles. The van der Waals surface area contributed by atoms with Gasteiger partial charge in [0.25, 0.3) is 0 Å². The third kappa shape index (κ3) is 2.77. The van der Waals surface area contributed by atoms with E-state index in [9.17, 15) is 0 Å². The van der Waals surface area contributed by atoms with E-state index in [1.807, 2.05) is 0 Å². The van der Waals surface area contributed by atoms with Crippen molar-refractivity contribution in [2.24, 2.45) is 17.8 Å². The van der Waals surface area contributed by atoms with Gasteiger partial charge in [0, 0.05) is 44.8 Å². The first-order chi connectivity index (χ1) is 10.2. The molecule has 3 heteroatoms. The number of hydrogen-bond acceptors (Lipinski definition) is 3. The zero-order valence-corrected chi connectivity index (χ0v) is 14.0. The van der Waals surface area contributed by atoms with Crippen LogP contribution in [-0.2, 0) is 0 Å². The van der Waals surface area contributed by atoms with Crippen LogP contribution in [0.2, 0.25) is 0 Å². The highest BCUT2D eigenvalue weighted by atomic mass is 15.3. The Bertz CT molecular complexity index is 363. The van der Waals surface area contributed by atoms with Gasteiger partial charge < -0.3 is 4.90 Å². The number of likely N-dealkylation sites (tertiary alicyclic amines) is 1. The molecule has 0 spiro atoms. The Morgan fingerprint density at radius 3 is 2.05 bits per heavy atom. The van der Waals surface area contributed by atoms with Crippen LogP contribution in [0.1, 0.15) is 39.0 Å². The lowest BCUT2D eigenvalue weighted by molar-refractivity contribution is 0.0138. The zero-order chi connectivity index (χ0) is 14.4. The molecule has 120 valence electrons. The molecule has 0 amide bonds. The van der Waals surface area contributed by atoms with Crippen LogP contribution in [0.15, 0.2) is 0 Å². The lowest BCUT2D eigenvalue weighted by Crippen LogP contribution is -2.57. The standard InChI is InChI=1S/C18H33N3/c1-14-13-19(2)6-5-17(14)20-7-9-21(10-8-20)18-12-15-3-4-16(18)11-15/h14-18H,3-13H2,1-2H3/t14-,15+,16+,17-,18+/m1/s1. The zero-order valence-electron chi connectivity index (χ0n) is 14.0. The van der Waals surface area contributed by atoms with Crippen molar-refractivity contribution in [1.29, 1.82) is 0 Å². The molecule has 0 N–H and O–H groups in total. The van der Waals surface area contributed by atoms with E-state index in [-0.39, 0.29) is 0 Å². The molecule has 4 aliphatic rings. The number of nitrogens with zero attached hydrogens (tertiary/aromatic N) is 3. The highest BCUT2D eigenvalue weighted by Crippen LogP contribution is 2.46. The molecule has 0 aromatic rings. The van der Waals surface area contributed by atoms with E-state index in [0.29, 0.717) is 0 Å². The summed E-state index contributed by atoms with van der Waals surface area (Å²) in [5, 5.41) is 0. The Labute approximate surface area is 130 Å². The lowest BCUT2D eigenvalue weighted by atomic mass is 9.91. The van der Waals surface area contributed by atoms with Gasteiger partial charge in [-0.2, -0.15) is 0 Å². The molecule has 0 aromatic heterocycles. The molecule has 2 aliphatic heterocycles. The third-order valence-corrected chi connectivity index (χ3v) is 7.05. The summed E-state index contributed by atoms with van der Waals surface area (Å²) in [5.41, 5.74) is 0. The van der Waals surface area contributed by atoms with Crippen molar-refractivity contribution in [2.75, 3.05) is 46.3 Å². The number of rotatable bonds is 2. The molecule has 5 atom stereocenters. The number of hydrogen-bond donors (Lipinski definition) is 0. The second-order valence-corrected chi connectivity index (χ2v) is 8.41. The van der Waals surface area contributed by atoms with E-state index in [0.717, 1.165) is 29.8 Å². The summed E-state index contributed by atoms with van der Waals surface area (Å²) in [5.74, 6) is 2.99. The van der Waals surface area contributed by atoms with Crippen LogP contribution in [0.3, 0.4) is 0 Å². The predicted octanol–water partition coefficient (Wildman–Crippen LogP) is 2.13. The molecule has 0 unspecified atom stereocenters. The van der Waals surface area contributed by atoms with Gasteiger partial charge in [-0.15, -0.1) is 0 Å². The third-order valence-electron chi connectivity index (χ3n) is 7.05. The van der Waals surface area contributed by atoms with E-state index < -0.39 is 0 Å². The minimum atomic E-state index is 0.845. The molecule has 3 nitrogen and oxygen atoms in total. The van der Waals surface area contributed by atoms with Gasteiger partial charge >= 0.3 is 0 Å². The topological polar surface area (TPSA) is 9.72 Å². The summed E-state index contributed by atoms with van der Waals surface area (Å²) in [6.07, 6.45) is 7.52. The Morgan fingerprint density at radius 2 is 1.48 bits per heavy atom. The maximum atomic E-state index is 2.86. The summed E-state index contributed by atoms with van der Waals surface area (Å²) < 4.78 is 0. The molecule has 2 heterocycles. The van der Waals surface area contributed by atoms with Crippen LogP contribution in [-0.4, -0.2) is 73.1 Å². The normalized spacial score (nSPS) is 46.3. The molecule has 2 saturated heterocycles. The van der Waals surface area contributed by atoms with Gasteiger partial charge in [-0.3, -0.25) is 9.80 Å². The molecule has 0 radical (unpaired) electrons. The van der Waals surface area contributed by atoms with Crippen molar-refractivity contribution in [2.45, 2.75) is 51.1 Å². The SMILES string of the molecule is C[C@@H]1CN(C)CC[C@H]1N1CCN([C@H]2C[C@H]3CC[C@H]2C3)CC1. The van der Waals surface area contributed by atoms with E-state index in [1.165, 1.54) is 65.0 Å². The fourth-order valence-corrected chi connectivity index (χ4v) is 5.94. The maximum absolute atomic E-state index is 2.86. The second-order valence-electron chi connectivity index (χ2n) is 8.41. The first-order valence-electron chi connectivity index (χ1n) is 9.37. The highest BCUT2D eigenvalue weighted by Gasteiger charge is 2.43. The van der Waals surface area contributed by atoms with E-state index in [4.69, 9.17) is 0 Å². The average Bonchev–Trinajstić information content (AvgIpc) is 3.10. The summed E-state index contributed by atoms with van der Waals surface area (Å²) in [4.78, 5) is 8.19. The van der Waals surface area contributed by atoms with Gasteiger partial charge in [-0.05, 0) is 57.0 Å². The Kier molecular flexibility index (Phi) is 4.01. The van der Waals surface area contributed by atoms with Crippen LogP contribution < -0.4 is 0 Å². The summed E-state index contributed by atoms with van der Waals surface area (Å²) in [6.45, 7) is 10.4. The molecule has 2 bridgehead atoms. The van der Waals surface area contributed by atoms with Gasteiger partial charge in [0.05, 0.1) is 0 Å². The Hall–Kier alpha value is -0.120. The van der Waals surface area contributed by atoms with E-state index in [1.54, 1.807) is 6.42 Å². The smallest absolute Gasteiger partial charge is 0.0146 e. The van der Waals surface area contributed by atoms with Crippen molar-refractivity contribution >= 4 is 0 Å². The molecular weight excluding hydrogens is 258 g/mol. The predicted molar refractivity (Wildman–Crippen MR) is 87.4 cm³/mol. The summed E-state index contributed by atoms with van der Waals surface area (Å²) in [6, 6.07) is 1.81. The molecular formula is C18H33N3. The van der Waals surface area contributed by atoms with Crippen LogP contribution in [0.25, 0.3) is 0 Å². The van der Waals surface area contributed by atoms with Gasteiger partial charge in [-0.25, -0.2) is 0 Å². The molecule has 4 fully saturated rings. The average molecular weight is 291 g/mol. The van der Waals surface area contributed by atoms with Crippen molar-refractivity contribution in [1.82, 2.24) is 14.7 Å². The minimum Gasteiger partial charge on any atom is -0.306 e. The number of piperidine rings is 1. The number of fused-ring (bicyclic) bond motifs is 2. The van der Waals surface area contributed by atoms with Crippen molar-refractivity contribution in [3.8, 4) is 0 Å². The minimum absolute atomic E-state index is 0.845. The van der Waals surface area contributed by atoms with Crippen LogP contribution in [0, 0.1) is 17.8 Å². The fourth-order valence-electron chi connectivity index (χ4n) is 5.94. The molecule has 2 saturated carbocycles. The first kappa shape index (κ1) is 14.5. The van der Waals surface area contributed by atoms with Crippen LogP contribution in [0.4, 0.5) is 0 Å². The Morgan fingerprint density at radius 1 is 0.762 bits per heavy atom. The van der Waals surface area contributed by atoms with Crippen LogP contribution in [0.5, 0.6) is 0 Å². The largest absolute Gasteiger partial charge is 0.306 e. The maximum Gasteiger partial charge on any atom is 0.0146 e. The summed E-state index contributed by atoms with van der Waals surface area (Å²) >= 11 is 0. The molecule has 2 aliphatic carbocycles. The van der Waals surface area contributed by atoms with Gasteiger partial charge in [0.2, 0.25) is 0 Å². The monoisotopic (exact) mass is 291 g/mol. The molecule has 4 rings (SSSR count). The van der Waals surface area contributed by atoms with Crippen molar-refractivity contribution < 1.29 is 0 Å². The van der Waals surface area contributed by atoms with Crippen molar-refractivity contribution in [3.05, 3.63) is 0 Å². The van der Waals surface area contributed by atoms with Gasteiger partial charge in [-0.1, -0.05) is 13.3 Å². The summed E-state index contributed by atoms with van der Waals surface area (Å²) in [7, 11) is 2.28. The lowest BCUT2D eigenvalue weighted by Gasteiger charge is -2.47. The second kappa shape index (κ2) is 5.82. The van der Waals surface area contributed by atoms with Crippen molar-refractivity contribution in [3.63, 3.8) is 0 Å². The van der Waals surface area contributed by atoms with E-state index >= 15 is 0 Å². The first-order valence-corrected chi connectivity index (χ1v) is 9.37. The van der Waals surface area contributed by atoms with Gasteiger partial charge in [0.1, 0.15) is 0 Å². The fraction of sp³-hybridized carbons (Fsp3) is 1.00. The van der Waals surface area contributed by atoms with Crippen LogP contribution >= 0.6 is 0 Å². The molecule has 21 heavy (non-hydrogen) atoms. The van der Waals surface area contributed by atoms with E-state index in [2.05, 4.69) is 28.7 Å². The Balaban J connectivity index is 1.30. The quantitative estimate of drug-likeness (QED) is 0.772. The van der Waals surface area contributed by atoms with Gasteiger partial charge in [0.15, 0.2) is 0 Å². The highest BCUT2D eigenvalue weighted by molar-refractivity contribution is 4.97.